The minimum absolute atomic E-state index is 0.252. The molecule has 0 radical (unpaired) electrons. The Morgan fingerprint density at radius 3 is 1.80 bits per heavy atom. The predicted molar refractivity (Wildman–Crippen MR) is 80.3 cm³/mol. The van der Waals surface area contributed by atoms with E-state index in [4.69, 9.17) is 11.6 Å². The Morgan fingerprint density at radius 1 is 0.700 bits per heavy atom. The summed E-state index contributed by atoms with van der Waals surface area (Å²) in [4.78, 5) is 4.53. The SMILES string of the molecule is ClCc1nnc(-c2ccccc2)c(-c2ccccc2)n1. The minimum Gasteiger partial charge on any atom is -0.227 e. The average molecular weight is 282 g/mol. The van der Waals surface area contributed by atoms with Gasteiger partial charge in [-0.1, -0.05) is 60.7 Å². The largest absolute Gasteiger partial charge is 0.227 e. The minimum atomic E-state index is 0.252. The number of alkyl halides is 1. The summed E-state index contributed by atoms with van der Waals surface area (Å²) in [6.07, 6.45) is 0. The van der Waals surface area contributed by atoms with Crippen LogP contribution in [0.4, 0.5) is 0 Å². The Hall–Kier alpha value is -2.26. The van der Waals surface area contributed by atoms with E-state index in [1.807, 2.05) is 60.7 Å². The second-order valence-corrected chi connectivity index (χ2v) is 4.56. The topological polar surface area (TPSA) is 38.7 Å². The van der Waals surface area contributed by atoms with Crippen LogP contribution in [0.5, 0.6) is 0 Å². The smallest absolute Gasteiger partial charge is 0.166 e. The summed E-state index contributed by atoms with van der Waals surface area (Å²) in [6, 6.07) is 19.9. The van der Waals surface area contributed by atoms with Crippen molar-refractivity contribution in [3.63, 3.8) is 0 Å². The van der Waals surface area contributed by atoms with Crippen molar-refractivity contribution in [1.82, 2.24) is 15.2 Å². The first-order chi connectivity index (χ1) is 9.88. The maximum atomic E-state index is 5.82. The van der Waals surface area contributed by atoms with Gasteiger partial charge >= 0.3 is 0 Å². The van der Waals surface area contributed by atoms with Gasteiger partial charge in [0.05, 0.1) is 5.88 Å². The number of benzene rings is 2. The van der Waals surface area contributed by atoms with Gasteiger partial charge in [-0.15, -0.1) is 21.8 Å². The van der Waals surface area contributed by atoms with Gasteiger partial charge in [0.15, 0.2) is 5.82 Å². The summed E-state index contributed by atoms with van der Waals surface area (Å²) < 4.78 is 0. The molecule has 3 rings (SSSR count). The van der Waals surface area contributed by atoms with Gasteiger partial charge < -0.3 is 0 Å². The molecular formula is C16H12ClN3. The molecule has 0 N–H and O–H groups in total. The standard InChI is InChI=1S/C16H12ClN3/c17-11-14-18-15(12-7-3-1-4-8-12)16(20-19-14)13-9-5-2-6-10-13/h1-10H,11H2. The average Bonchev–Trinajstić information content (AvgIpc) is 2.56. The van der Waals surface area contributed by atoms with Gasteiger partial charge in [0.1, 0.15) is 11.4 Å². The van der Waals surface area contributed by atoms with Crippen LogP contribution in [-0.4, -0.2) is 15.2 Å². The van der Waals surface area contributed by atoms with E-state index < -0.39 is 0 Å². The van der Waals surface area contributed by atoms with Gasteiger partial charge in [0.2, 0.25) is 0 Å². The summed E-state index contributed by atoms with van der Waals surface area (Å²) in [5.74, 6) is 0.784. The third-order valence-corrected chi connectivity index (χ3v) is 3.18. The van der Waals surface area contributed by atoms with E-state index in [-0.39, 0.29) is 5.88 Å². The molecule has 0 saturated heterocycles. The van der Waals surface area contributed by atoms with Crippen LogP contribution in [0.15, 0.2) is 60.7 Å². The molecule has 2 aromatic carbocycles. The number of hydrogen-bond acceptors (Lipinski definition) is 3. The lowest BCUT2D eigenvalue weighted by molar-refractivity contribution is 0.905. The Kier molecular flexibility index (Phi) is 3.70. The Labute approximate surface area is 122 Å². The van der Waals surface area contributed by atoms with Crippen molar-refractivity contribution in [2.24, 2.45) is 0 Å². The molecule has 0 atom stereocenters. The van der Waals surface area contributed by atoms with Crippen molar-refractivity contribution < 1.29 is 0 Å². The molecule has 0 fully saturated rings. The number of rotatable bonds is 3. The molecule has 0 aliphatic rings. The second kappa shape index (κ2) is 5.80. The van der Waals surface area contributed by atoms with Crippen LogP contribution in [0.2, 0.25) is 0 Å². The van der Waals surface area contributed by atoms with Crippen LogP contribution in [0, 0.1) is 0 Å². The van der Waals surface area contributed by atoms with Gasteiger partial charge in [0, 0.05) is 11.1 Å². The summed E-state index contributed by atoms with van der Waals surface area (Å²) in [6.45, 7) is 0. The fourth-order valence-electron chi connectivity index (χ4n) is 2.00. The molecule has 0 amide bonds. The molecule has 0 aliphatic carbocycles. The summed E-state index contributed by atoms with van der Waals surface area (Å²) in [7, 11) is 0. The first kappa shape index (κ1) is 12.8. The maximum absolute atomic E-state index is 5.82. The number of hydrogen-bond donors (Lipinski definition) is 0. The van der Waals surface area contributed by atoms with Gasteiger partial charge in [-0.25, -0.2) is 4.98 Å². The first-order valence-corrected chi connectivity index (χ1v) is 6.82. The molecule has 1 aromatic heterocycles. The normalized spacial score (nSPS) is 10.4. The summed E-state index contributed by atoms with van der Waals surface area (Å²) in [5.41, 5.74) is 3.58. The number of halogens is 1. The molecule has 0 bridgehead atoms. The lowest BCUT2D eigenvalue weighted by Gasteiger charge is -2.08. The van der Waals surface area contributed by atoms with Crippen LogP contribution in [0.3, 0.4) is 0 Å². The quantitative estimate of drug-likeness (QED) is 0.683. The summed E-state index contributed by atoms with van der Waals surface area (Å²) >= 11 is 5.82. The molecular weight excluding hydrogens is 270 g/mol. The Morgan fingerprint density at radius 2 is 1.25 bits per heavy atom. The van der Waals surface area contributed by atoms with Crippen LogP contribution in [0.1, 0.15) is 5.82 Å². The zero-order valence-corrected chi connectivity index (χ0v) is 11.5. The molecule has 4 heteroatoms. The van der Waals surface area contributed by atoms with Gasteiger partial charge in [-0.05, 0) is 0 Å². The number of aromatic nitrogens is 3. The van der Waals surface area contributed by atoms with E-state index in [9.17, 15) is 0 Å². The van der Waals surface area contributed by atoms with E-state index >= 15 is 0 Å². The van der Waals surface area contributed by atoms with Crippen molar-refractivity contribution in [2.75, 3.05) is 0 Å². The van der Waals surface area contributed by atoms with Crippen LogP contribution >= 0.6 is 11.6 Å². The summed E-state index contributed by atoms with van der Waals surface area (Å²) in [5, 5.41) is 8.37. The van der Waals surface area contributed by atoms with Crippen LogP contribution in [0.25, 0.3) is 22.5 Å². The second-order valence-electron chi connectivity index (χ2n) is 4.29. The van der Waals surface area contributed by atoms with E-state index in [1.54, 1.807) is 0 Å². The maximum Gasteiger partial charge on any atom is 0.166 e. The van der Waals surface area contributed by atoms with Gasteiger partial charge in [-0.3, -0.25) is 0 Å². The monoisotopic (exact) mass is 281 g/mol. The van der Waals surface area contributed by atoms with Crippen molar-refractivity contribution in [3.8, 4) is 22.5 Å². The fraction of sp³-hybridized carbons (Fsp3) is 0.0625. The highest BCUT2D eigenvalue weighted by Crippen LogP contribution is 2.27. The van der Waals surface area contributed by atoms with Gasteiger partial charge in [-0.2, -0.15) is 0 Å². The Balaban J connectivity index is 2.20. The molecule has 1 heterocycles. The predicted octanol–water partition coefficient (Wildman–Crippen LogP) is 3.94. The molecule has 0 aliphatic heterocycles. The highest BCUT2D eigenvalue weighted by molar-refractivity contribution is 6.16. The van der Waals surface area contributed by atoms with Crippen molar-refractivity contribution >= 4 is 11.6 Å². The molecule has 3 nitrogen and oxygen atoms in total. The van der Waals surface area contributed by atoms with E-state index in [1.165, 1.54) is 0 Å². The fourth-order valence-corrected chi connectivity index (χ4v) is 2.12. The molecule has 0 saturated carbocycles. The van der Waals surface area contributed by atoms with Crippen molar-refractivity contribution in [3.05, 3.63) is 66.5 Å². The molecule has 98 valence electrons. The lowest BCUT2D eigenvalue weighted by Crippen LogP contribution is -2.01. The van der Waals surface area contributed by atoms with Crippen molar-refractivity contribution in [2.45, 2.75) is 5.88 Å². The molecule has 20 heavy (non-hydrogen) atoms. The number of nitrogens with zero attached hydrogens (tertiary/aromatic N) is 3. The lowest BCUT2D eigenvalue weighted by atomic mass is 10.0. The van der Waals surface area contributed by atoms with E-state index in [0.717, 1.165) is 22.5 Å². The van der Waals surface area contributed by atoms with Crippen LogP contribution in [-0.2, 0) is 5.88 Å². The first-order valence-electron chi connectivity index (χ1n) is 6.29. The Bertz CT molecular complexity index is 699. The zero-order valence-electron chi connectivity index (χ0n) is 10.7. The van der Waals surface area contributed by atoms with Crippen molar-refractivity contribution in [1.29, 1.82) is 0 Å². The highest BCUT2D eigenvalue weighted by atomic mass is 35.5. The molecule has 3 aromatic rings. The third kappa shape index (κ3) is 2.53. The van der Waals surface area contributed by atoms with Crippen LogP contribution < -0.4 is 0 Å². The third-order valence-electron chi connectivity index (χ3n) is 2.94. The highest BCUT2D eigenvalue weighted by Gasteiger charge is 2.12. The molecule has 0 spiro atoms. The van der Waals surface area contributed by atoms with E-state index in [0.29, 0.717) is 5.82 Å². The molecule has 0 unspecified atom stereocenters. The van der Waals surface area contributed by atoms with Gasteiger partial charge in [0.25, 0.3) is 0 Å². The van der Waals surface area contributed by atoms with E-state index in [2.05, 4.69) is 15.2 Å². The zero-order chi connectivity index (χ0) is 13.8.